The molecule has 0 spiro atoms. The third kappa shape index (κ3) is 6.12. The first-order valence-corrected chi connectivity index (χ1v) is 11.2. The fraction of sp³-hybridized carbons (Fsp3) is 0.261. The maximum absolute atomic E-state index is 12.4. The summed E-state index contributed by atoms with van der Waals surface area (Å²) < 4.78 is 7.85. The van der Waals surface area contributed by atoms with Gasteiger partial charge >= 0.3 is 0 Å². The second-order valence-corrected chi connectivity index (χ2v) is 8.53. The number of aryl methyl sites for hydroxylation is 3. The van der Waals surface area contributed by atoms with Crippen LogP contribution in [0, 0.1) is 20.8 Å². The van der Waals surface area contributed by atoms with Crippen LogP contribution in [-0.2, 0) is 17.9 Å². The van der Waals surface area contributed by atoms with E-state index in [-0.39, 0.29) is 18.3 Å². The van der Waals surface area contributed by atoms with Crippen molar-refractivity contribution in [3.8, 4) is 5.75 Å². The first-order chi connectivity index (χ1) is 14.9. The van der Waals surface area contributed by atoms with E-state index in [9.17, 15) is 4.79 Å². The van der Waals surface area contributed by atoms with Gasteiger partial charge in [0, 0.05) is 17.3 Å². The highest BCUT2D eigenvalue weighted by molar-refractivity contribution is 7.99. The van der Waals surface area contributed by atoms with Crippen molar-refractivity contribution < 1.29 is 9.53 Å². The standard InChI is InChI=1S/C23H25ClN4O2S/c1-5-10-28-21(13-30-20-9-6-15(2)11-17(20)4)26-27-23(28)31-14-22(29)25-19-8-7-18(24)12-16(19)3/h5-9,11-12H,1,10,13-14H2,2-4H3,(H,25,29). The lowest BCUT2D eigenvalue weighted by molar-refractivity contribution is -0.113. The zero-order valence-corrected chi connectivity index (χ0v) is 19.4. The predicted octanol–water partition coefficient (Wildman–Crippen LogP) is 5.35. The normalized spacial score (nSPS) is 10.7. The number of halogens is 1. The molecule has 0 unspecified atom stereocenters. The van der Waals surface area contributed by atoms with E-state index in [4.69, 9.17) is 16.3 Å². The molecule has 1 N–H and O–H groups in total. The average molecular weight is 457 g/mol. The highest BCUT2D eigenvalue weighted by atomic mass is 35.5. The van der Waals surface area contributed by atoms with Gasteiger partial charge in [0.15, 0.2) is 11.0 Å². The van der Waals surface area contributed by atoms with Gasteiger partial charge < -0.3 is 10.1 Å². The molecule has 0 aliphatic carbocycles. The molecule has 31 heavy (non-hydrogen) atoms. The fourth-order valence-electron chi connectivity index (χ4n) is 3.03. The molecule has 0 aliphatic rings. The Bertz CT molecular complexity index is 1100. The van der Waals surface area contributed by atoms with E-state index >= 15 is 0 Å². The molecule has 1 amide bonds. The van der Waals surface area contributed by atoms with Gasteiger partial charge in [-0.25, -0.2) is 0 Å². The van der Waals surface area contributed by atoms with E-state index < -0.39 is 0 Å². The lowest BCUT2D eigenvalue weighted by Crippen LogP contribution is -2.15. The van der Waals surface area contributed by atoms with E-state index in [2.05, 4.69) is 28.2 Å². The molecule has 1 aromatic heterocycles. The summed E-state index contributed by atoms with van der Waals surface area (Å²) in [5.74, 6) is 1.56. The van der Waals surface area contributed by atoms with E-state index in [0.717, 1.165) is 22.6 Å². The Balaban J connectivity index is 1.64. The van der Waals surface area contributed by atoms with Crippen LogP contribution >= 0.6 is 23.4 Å². The van der Waals surface area contributed by atoms with E-state index in [1.54, 1.807) is 18.2 Å². The second kappa shape index (κ2) is 10.5. The van der Waals surface area contributed by atoms with Gasteiger partial charge in [0.05, 0.1) is 5.75 Å². The van der Waals surface area contributed by atoms with Crippen LogP contribution in [0.1, 0.15) is 22.5 Å². The zero-order chi connectivity index (χ0) is 22.4. The van der Waals surface area contributed by atoms with Gasteiger partial charge in [0.2, 0.25) is 5.91 Å². The number of carbonyl (C=O) groups is 1. The first kappa shape index (κ1) is 22.9. The van der Waals surface area contributed by atoms with Crippen molar-refractivity contribution in [3.63, 3.8) is 0 Å². The molecule has 0 bridgehead atoms. The van der Waals surface area contributed by atoms with Gasteiger partial charge in [-0.15, -0.1) is 16.8 Å². The molecule has 0 saturated heterocycles. The Hall–Kier alpha value is -2.77. The Morgan fingerprint density at radius 3 is 2.71 bits per heavy atom. The molecular formula is C23H25ClN4O2S. The number of carbonyl (C=O) groups excluding carboxylic acids is 1. The van der Waals surface area contributed by atoms with E-state index in [1.165, 1.54) is 17.3 Å². The molecule has 0 fully saturated rings. The number of ether oxygens (including phenoxy) is 1. The lowest BCUT2D eigenvalue weighted by atomic mass is 10.1. The average Bonchev–Trinajstić information content (AvgIpc) is 3.10. The molecule has 162 valence electrons. The molecule has 2 aromatic carbocycles. The van der Waals surface area contributed by atoms with Crippen molar-refractivity contribution in [2.75, 3.05) is 11.1 Å². The number of aromatic nitrogens is 3. The number of nitrogens with zero attached hydrogens (tertiary/aromatic N) is 3. The number of allylic oxidation sites excluding steroid dienone is 1. The van der Waals surface area contributed by atoms with Gasteiger partial charge in [0.25, 0.3) is 0 Å². The first-order valence-electron chi connectivity index (χ1n) is 9.79. The van der Waals surface area contributed by atoms with Crippen molar-refractivity contribution in [1.82, 2.24) is 14.8 Å². The van der Waals surface area contributed by atoms with Crippen molar-refractivity contribution in [2.24, 2.45) is 0 Å². The van der Waals surface area contributed by atoms with Crippen molar-refractivity contribution >= 4 is 35.0 Å². The number of rotatable bonds is 9. The number of hydrogen-bond acceptors (Lipinski definition) is 5. The molecule has 3 aromatic rings. The predicted molar refractivity (Wildman–Crippen MR) is 126 cm³/mol. The van der Waals surface area contributed by atoms with Gasteiger partial charge in [-0.05, 0) is 56.2 Å². The summed E-state index contributed by atoms with van der Waals surface area (Å²) >= 11 is 7.29. The number of amides is 1. The Labute approximate surface area is 191 Å². The molecule has 0 atom stereocenters. The Morgan fingerprint density at radius 1 is 1.19 bits per heavy atom. The molecule has 3 rings (SSSR count). The molecular weight excluding hydrogens is 432 g/mol. The van der Waals surface area contributed by atoms with Crippen LogP contribution in [-0.4, -0.2) is 26.4 Å². The highest BCUT2D eigenvalue weighted by Gasteiger charge is 2.15. The lowest BCUT2D eigenvalue weighted by Gasteiger charge is -2.11. The van der Waals surface area contributed by atoms with Crippen molar-refractivity contribution in [1.29, 1.82) is 0 Å². The zero-order valence-electron chi connectivity index (χ0n) is 17.8. The Kier molecular flexibility index (Phi) is 7.76. The summed E-state index contributed by atoms with van der Waals surface area (Å²) in [6, 6.07) is 11.4. The van der Waals surface area contributed by atoms with Gasteiger partial charge in [0.1, 0.15) is 12.4 Å². The van der Waals surface area contributed by atoms with Crippen LogP contribution in [0.4, 0.5) is 5.69 Å². The van der Waals surface area contributed by atoms with Crippen LogP contribution in [0.3, 0.4) is 0 Å². The molecule has 0 radical (unpaired) electrons. The summed E-state index contributed by atoms with van der Waals surface area (Å²) in [4.78, 5) is 12.4. The van der Waals surface area contributed by atoms with Crippen LogP contribution < -0.4 is 10.1 Å². The van der Waals surface area contributed by atoms with Crippen LogP contribution in [0.15, 0.2) is 54.2 Å². The van der Waals surface area contributed by atoms with Crippen LogP contribution in [0.2, 0.25) is 5.02 Å². The monoisotopic (exact) mass is 456 g/mol. The molecule has 0 saturated carbocycles. The minimum atomic E-state index is -0.128. The topological polar surface area (TPSA) is 69.0 Å². The largest absolute Gasteiger partial charge is 0.485 e. The van der Waals surface area contributed by atoms with Crippen LogP contribution in [0.5, 0.6) is 5.75 Å². The van der Waals surface area contributed by atoms with Gasteiger partial charge in [-0.2, -0.15) is 0 Å². The number of thioether (sulfide) groups is 1. The summed E-state index contributed by atoms with van der Waals surface area (Å²) in [6.07, 6.45) is 1.77. The number of benzene rings is 2. The summed E-state index contributed by atoms with van der Waals surface area (Å²) in [5.41, 5.74) is 3.90. The minimum Gasteiger partial charge on any atom is -0.485 e. The molecule has 1 heterocycles. The third-order valence-corrected chi connectivity index (χ3v) is 5.79. The smallest absolute Gasteiger partial charge is 0.234 e. The quantitative estimate of drug-likeness (QED) is 0.347. The molecule has 6 nitrogen and oxygen atoms in total. The summed E-state index contributed by atoms with van der Waals surface area (Å²) in [7, 11) is 0. The Morgan fingerprint density at radius 2 is 2.00 bits per heavy atom. The van der Waals surface area contributed by atoms with Crippen molar-refractivity contribution in [3.05, 3.63) is 76.6 Å². The van der Waals surface area contributed by atoms with E-state index in [0.29, 0.717) is 22.5 Å². The van der Waals surface area contributed by atoms with E-state index in [1.807, 2.05) is 43.5 Å². The van der Waals surface area contributed by atoms with Crippen LogP contribution in [0.25, 0.3) is 0 Å². The number of hydrogen-bond donors (Lipinski definition) is 1. The summed E-state index contributed by atoms with van der Waals surface area (Å²) in [5, 5.41) is 12.7. The minimum absolute atomic E-state index is 0.128. The number of anilines is 1. The van der Waals surface area contributed by atoms with Crippen molar-refractivity contribution in [2.45, 2.75) is 39.1 Å². The summed E-state index contributed by atoms with van der Waals surface area (Å²) in [6.45, 7) is 10.6. The SMILES string of the molecule is C=CCn1c(COc2ccc(C)cc2C)nnc1SCC(=O)Nc1ccc(Cl)cc1C. The highest BCUT2D eigenvalue weighted by Crippen LogP contribution is 2.23. The molecule has 0 aliphatic heterocycles. The maximum atomic E-state index is 12.4. The van der Waals surface area contributed by atoms with Gasteiger partial charge in [-0.3, -0.25) is 9.36 Å². The number of nitrogens with one attached hydrogen (secondary N) is 1. The molecule has 8 heteroatoms. The van der Waals surface area contributed by atoms with Gasteiger partial charge in [-0.1, -0.05) is 47.1 Å². The maximum Gasteiger partial charge on any atom is 0.234 e. The third-order valence-electron chi connectivity index (χ3n) is 4.59. The fourth-order valence-corrected chi connectivity index (χ4v) is 4.03. The second-order valence-electron chi connectivity index (χ2n) is 7.15.